The van der Waals surface area contributed by atoms with Gasteiger partial charge in [0.1, 0.15) is 0 Å². The Bertz CT molecular complexity index is 553. The second-order valence-electron chi connectivity index (χ2n) is 4.57. The molecule has 2 aromatic carbocycles. The Hall–Kier alpha value is -1.35. The number of rotatable bonds is 6. The number of alkyl halides is 1. The maximum Gasteiger partial charge on any atom is 0.251 e. The maximum atomic E-state index is 12.0. The van der Waals surface area contributed by atoms with Crippen LogP contribution in [0.1, 0.15) is 29.6 Å². The third-order valence-corrected chi connectivity index (χ3v) is 3.67. The van der Waals surface area contributed by atoms with E-state index < -0.39 is 0 Å². The Labute approximate surface area is 122 Å². The number of benzene rings is 2. The minimum Gasteiger partial charge on any atom is -0.352 e. The summed E-state index contributed by atoms with van der Waals surface area (Å²) < 4.78 is 0. The van der Waals surface area contributed by atoms with Crippen LogP contribution in [-0.4, -0.2) is 17.8 Å². The first-order valence-corrected chi connectivity index (χ1v) is 7.76. The normalized spacial score (nSPS) is 10.6. The van der Waals surface area contributed by atoms with Crippen LogP contribution in [0.4, 0.5) is 0 Å². The summed E-state index contributed by atoms with van der Waals surface area (Å²) in [5, 5.41) is 6.27. The van der Waals surface area contributed by atoms with Crippen molar-refractivity contribution in [3.8, 4) is 0 Å². The first-order chi connectivity index (χ1) is 9.31. The van der Waals surface area contributed by atoms with Crippen LogP contribution in [0.3, 0.4) is 0 Å². The summed E-state index contributed by atoms with van der Waals surface area (Å²) in [4.78, 5) is 12.0. The second-order valence-corrected chi connectivity index (χ2v) is 5.36. The Morgan fingerprint density at radius 2 is 1.79 bits per heavy atom. The second kappa shape index (κ2) is 7.29. The lowest BCUT2D eigenvalue weighted by Gasteiger charge is -2.06. The number of carbonyl (C=O) groups excluding carboxylic acids is 1. The van der Waals surface area contributed by atoms with Gasteiger partial charge in [-0.25, -0.2) is 0 Å². The average Bonchev–Trinajstić information content (AvgIpc) is 2.46. The molecule has 0 fully saturated rings. The molecule has 0 atom stereocenters. The quantitative estimate of drug-likeness (QED) is 0.629. The molecule has 100 valence electrons. The van der Waals surface area contributed by atoms with Gasteiger partial charge in [0, 0.05) is 17.4 Å². The predicted molar refractivity (Wildman–Crippen MR) is 83.9 cm³/mol. The molecule has 0 aliphatic carbocycles. The van der Waals surface area contributed by atoms with Crippen LogP contribution in [-0.2, 0) is 0 Å². The fourth-order valence-corrected chi connectivity index (χ4v) is 2.43. The molecule has 0 spiro atoms. The summed E-state index contributed by atoms with van der Waals surface area (Å²) in [6, 6.07) is 13.9. The van der Waals surface area contributed by atoms with Gasteiger partial charge in [-0.3, -0.25) is 4.79 Å². The smallest absolute Gasteiger partial charge is 0.251 e. The predicted octanol–water partition coefficient (Wildman–Crippen LogP) is 4.13. The summed E-state index contributed by atoms with van der Waals surface area (Å²) in [7, 11) is 0. The van der Waals surface area contributed by atoms with Crippen LogP contribution in [0, 0.1) is 0 Å². The van der Waals surface area contributed by atoms with Crippen LogP contribution in [0.2, 0.25) is 0 Å². The topological polar surface area (TPSA) is 29.1 Å². The molecule has 0 bridgehead atoms. The first kappa shape index (κ1) is 14.1. The lowest BCUT2D eigenvalue weighted by atomic mass is 10.1. The van der Waals surface area contributed by atoms with E-state index in [0.717, 1.165) is 47.5 Å². The highest BCUT2D eigenvalue weighted by molar-refractivity contribution is 9.09. The summed E-state index contributed by atoms with van der Waals surface area (Å²) >= 11 is 3.40. The molecule has 0 unspecified atom stereocenters. The molecule has 0 aliphatic rings. The number of amides is 1. The van der Waals surface area contributed by atoms with E-state index in [0.29, 0.717) is 0 Å². The number of hydrogen-bond donors (Lipinski definition) is 1. The van der Waals surface area contributed by atoms with Crippen LogP contribution < -0.4 is 5.32 Å². The van der Waals surface area contributed by atoms with E-state index in [-0.39, 0.29) is 5.91 Å². The number of fused-ring (bicyclic) bond motifs is 1. The molecule has 2 nitrogen and oxygen atoms in total. The molecule has 3 heteroatoms. The van der Waals surface area contributed by atoms with Crippen molar-refractivity contribution in [3.05, 3.63) is 48.0 Å². The SMILES string of the molecule is O=C(NCCCCCBr)c1ccc2ccccc2c1. The molecular weight excluding hydrogens is 302 g/mol. The van der Waals surface area contributed by atoms with E-state index in [9.17, 15) is 4.79 Å². The van der Waals surface area contributed by atoms with Crippen molar-refractivity contribution in [1.82, 2.24) is 5.32 Å². The fourth-order valence-electron chi connectivity index (χ4n) is 2.03. The van der Waals surface area contributed by atoms with Crippen molar-refractivity contribution in [3.63, 3.8) is 0 Å². The van der Waals surface area contributed by atoms with E-state index >= 15 is 0 Å². The van der Waals surface area contributed by atoms with Gasteiger partial charge in [0.2, 0.25) is 0 Å². The largest absolute Gasteiger partial charge is 0.352 e. The summed E-state index contributed by atoms with van der Waals surface area (Å²) in [6.07, 6.45) is 3.33. The van der Waals surface area contributed by atoms with E-state index in [4.69, 9.17) is 0 Å². The standard InChI is InChI=1S/C16H18BrNO/c17-10-4-1-5-11-18-16(19)15-9-8-13-6-2-3-7-14(13)12-15/h2-3,6-9,12H,1,4-5,10-11H2,(H,18,19). The van der Waals surface area contributed by atoms with Gasteiger partial charge in [-0.05, 0) is 35.7 Å². The zero-order valence-corrected chi connectivity index (χ0v) is 12.4. The van der Waals surface area contributed by atoms with Crippen molar-refractivity contribution >= 4 is 32.6 Å². The molecule has 0 saturated heterocycles. The number of hydrogen-bond acceptors (Lipinski definition) is 1. The van der Waals surface area contributed by atoms with Gasteiger partial charge in [0.25, 0.3) is 5.91 Å². The molecule has 2 rings (SSSR count). The van der Waals surface area contributed by atoms with E-state index in [1.807, 2.05) is 36.4 Å². The van der Waals surface area contributed by atoms with Gasteiger partial charge < -0.3 is 5.32 Å². The van der Waals surface area contributed by atoms with Crippen molar-refractivity contribution in [2.45, 2.75) is 19.3 Å². The molecular formula is C16H18BrNO. The third kappa shape index (κ3) is 4.06. The number of halogens is 1. The molecule has 1 N–H and O–H groups in total. The third-order valence-electron chi connectivity index (χ3n) is 3.11. The number of carbonyl (C=O) groups is 1. The van der Waals surface area contributed by atoms with Gasteiger partial charge in [-0.1, -0.05) is 52.7 Å². The van der Waals surface area contributed by atoms with Crippen LogP contribution in [0.25, 0.3) is 10.8 Å². The molecule has 0 aromatic heterocycles. The highest BCUT2D eigenvalue weighted by atomic mass is 79.9. The van der Waals surface area contributed by atoms with Crippen LogP contribution in [0.5, 0.6) is 0 Å². The lowest BCUT2D eigenvalue weighted by Crippen LogP contribution is -2.24. The van der Waals surface area contributed by atoms with Crippen molar-refractivity contribution in [2.24, 2.45) is 0 Å². The fraction of sp³-hybridized carbons (Fsp3) is 0.312. The minimum atomic E-state index is 0.0181. The lowest BCUT2D eigenvalue weighted by molar-refractivity contribution is 0.0953. The molecule has 2 aromatic rings. The maximum absolute atomic E-state index is 12.0. The van der Waals surface area contributed by atoms with Gasteiger partial charge in [0.15, 0.2) is 0 Å². The number of nitrogens with one attached hydrogen (secondary N) is 1. The Balaban J connectivity index is 1.93. The summed E-state index contributed by atoms with van der Waals surface area (Å²) in [6.45, 7) is 0.749. The average molecular weight is 320 g/mol. The molecule has 0 aliphatic heterocycles. The van der Waals surface area contributed by atoms with Crippen molar-refractivity contribution in [2.75, 3.05) is 11.9 Å². The van der Waals surface area contributed by atoms with Gasteiger partial charge in [0.05, 0.1) is 0 Å². The van der Waals surface area contributed by atoms with E-state index in [1.54, 1.807) is 0 Å². The first-order valence-electron chi connectivity index (χ1n) is 6.64. The Morgan fingerprint density at radius 1 is 1.00 bits per heavy atom. The number of unbranched alkanes of at least 4 members (excludes halogenated alkanes) is 2. The van der Waals surface area contributed by atoms with Crippen LogP contribution in [0.15, 0.2) is 42.5 Å². The molecule has 1 amide bonds. The summed E-state index contributed by atoms with van der Waals surface area (Å²) in [5.74, 6) is 0.0181. The summed E-state index contributed by atoms with van der Waals surface area (Å²) in [5.41, 5.74) is 0.735. The zero-order valence-electron chi connectivity index (χ0n) is 10.9. The molecule has 0 saturated carbocycles. The minimum absolute atomic E-state index is 0.0181. The van der Waals surface area contributed by atoms with Crippen molar-refractivity contribution < 1.29 is 4.79 Å². The van der Waals surface area contributed by atoms with E-state index in [2.05, 4.69) is 27.3 Å². The van der Waals surface area contributed by atoms with Crippen molar-refractivity contribution in [1.29, 1.82) is 0 Å². The molecule has 0 radical (unpaired) electrons. The highest BCUT2D eigenvalue weighted by Gasteiger charge is 2.05. The monoisotopic (exact) mass is 319 g/mol. The molecule has 0 heterocycles. The van der Waals surface area contributed by atoms with E-state index in [1.165, 1.54) is 0 Å². The Kier molecular flexibility index (Phi) is 5.40. The van der Waals surface area contributed by atoms with Crippen LogP contribution >= 0.6 is 15.9 Å². The van der Waals surface area contributed by atoms with Gasteiger partial charge >= 0.3 is 0 Å². The Morgan fingerprint density at radius 3 is 2.58 bits per heavy atom. The van der Waals surface area contributed by atoms with Gasteiger partial charge in [-0.15, -0.1) is 0 Å². The highest BCUT2D eigenvalue weighted by Crippen LogP contribution is 2.15. The molecule has 19 heavy (non-hydrogen) atoms. The zero-order chi connectivity index (χ0) is 13.5. The van der Waals surface area contributed by atoms with Gasteiger partial charge in [-0.2, -0.15) is 0 Å².